The standard InChI is InChI=1S/C16H21N3O2S2/c1-4-9-22-16-19-18-15(23-16)17-14(20)8-6-12-5-7-13(21-3)11(2)10-12/h5,7,10H,4,6,8-9H2,1-3H3,(H,17,18,20). The van der Waals surface area contributed by atoms with E-state index in [1.165, 1.54) is 11.3 Å². The molecular weight excluding hydrogens is 330 g/mol. The van der Waals surface area contributed by atoms with Crippen molar-refractivity contribution < 1.29 is 9.53 Å². The van der Waals surface area contributed by atoms with E-state index in [1.807, 2.05) is 19.1 Å². The molecule has 0 radical (unpaired) electrons. The molecule has 2 aromatic rings. The van der Waals surface area contributed by atoms with Gasteiger partial charge in [0.1, 0.15) is 5.75 Å². The van der Waals surface area contributed by atoms with Crippen LogP contribution in [0.25, 0.3) is 0 Å². The number of ether oxygens (including phenoxy) is 1. The summed E-state index contributed by atoms with van der Waals surface area (Å²) in [5, 5.41) is 11.4. The predicted molar refractivity (Wildman–Crippen MR) is 95.6 cm³/mol. The summed E-state index contributed by atoms with van der Waals surface area (Å²) in [7, 11) is 1.66. The second-order valence-corrected chi connectivity index (χ2v) is 7.39. The van der Waals surface area contributed by atoms with Gasteiger partial charge in [-0.3, -0.25) is 4.79 Å². The van der Waals surface area contributed by atoms with Crippen LogP contribution < -0.4 is 10.1 Å². The molecule has 0 aliphatic rings. The van der Waals surface area contributed by atoms with Gasteiger partial charge in [0.15, 0.2) is 4.34 Å². The fourth-order valence-corrected chi connectivity index (χ4v) is 3.74. The smallest absolute Gasteiger partial charge is 0.226 e. The van der Waals surface area contributed by atoms with E-state index in [0.717, 1.165) is 33.4 Å². The molecule has 124 valence electrons. The Morgan fingerprint density at radius 2 is 2.22 bits per heavy atom. The lowest BCUT2D eigenvalue weighted by molar-refractivity contribution is -0.116. The van der Waals surface area contributed by atoms with Gasteiger partial charge in [0, 0.05) is 12.2 Å². The molecule has 0 saturated carbocycles. The monoisotopic (exact) mass is 351 g/mol. The van der Waals surface area contributed by atoms with E-state index in [4.69, 9.17) is 4.74 Å². The molecule has 1 amide bonds. The summed E-state index contributed by atoms with van der Waals surface area (Å²) in [5.74, 6) is 1.84. The summed E-state index contributed by atoms with van der Waals surface area (Å²) in [6.45, 7) is 4.12. The van der Waals surface area contributed by atoms with Gasteiger partial charge in [-0.25, -0.2) is 0 Å². The summed E-state index contributed by atoms with van der Waals surface area (Å²) in [6, 6.07) is 5.98. The maximum Gasteiger partial charge on any atom is 0.226 e. The molecule has 0 aliphatic heterocycles. The third-order valence-electron chi connectivity index (χ3n) is 3.18. The van der Waals surface area contributed by atoms with Crippen molar-refractivity contribution in [3.8, 4) is 5.75 Å². The summed E-state index contributed by atoms with van der Waals surface area (Å²) < 4.78 is 6.14. The topological polar surface area (TPSA) is 64.1 Å². The number of carbonyl (C=O) groups excluding carboxylic acids is 1. The zero-order valence-electron chi connectivity index (χ0n) is 13.6. The van der Waals surface area contributed by atoms with Gasteiger partial charge in [-0.05, 0) is 37.0 Å². The molecule has 1 aromatic carbocycles. The lowest BCUT2D eigenvalue weighted by atomic mass is 10.1. The molecule has 0 spiro atoms. The number of hydrogen-bond acceptors (Lipinski definition) is 6. The van der Waals surface area contributed by atoms with Crippen molar-refractivity contribution >= 4 is 34.1 Å². The Bertz CT molecular complexity index is 659. The minimum absolute atomic E-state index is 0.0401. The highest BCUT2D eigenvalue weighted by molar-refractivity contribution is 8.01. The van der Waals surface area contributed by atoms with E-state index < -0.39 is 0 Å². The number of aromatic nitrogens is 2. The molecule has 7 heteroatoms. The van der Waals surface area contributed by atoms with Gasteiger partial charge in [-0.15, -0.1) is 10.2 Å². The zero-order chi connectivity index (χ0) is 16.7. The van der Waals surface area contributed by atoms with Gasteiger partial charge < -0.3 is 10.1 Å². The van der Waals surface area contributed by atoms with E-state index in [-0.39, 0.29) is 5.91 Å². The van der Waals surface area contributed by atoms with Gasteiger partial charge >= 0.3 is 0 Å². The molecule has 0 unspecified atom stereocenters. The summed E-state index contributed by atoms with van der Waals surface area (Å²) >= 11 is 3.09. The van der Waals surface area contributed by atoms with Crippen LogP contribution in [0.4, 0.5) is 5.13 Å². The first-order valence-corrected chi connectivity index (χ1v) is 9.32. The van der Waals surface area contributed by atoms with Crippen molar-refractivity contribution in [1.29, 1.82) is 0 Å². The Kier molecular flexibility index (Phi) is 6.85. The minimum atomic E-state index is -0.0401. The van der Waals surface area contributed by atoms with Crippen molar-refractivity contribution in [2.45, 2.75) is 37.4 Å². The average Bonchev–Trinajstić information content (AvgIpc) is 2.98. The van der Waals surface area contributed by atoms with E-state index in [2.05, 4.69) is 28.5 Å². The normalized spacial score (nSPS) is 10.6. The second-order valence-electron chi connectivity index (χ2n) is 5.07. The number of anilines is 1. The van der Waals surface area contributed by atoms with Crippen LogP contribution >= 0.6 is 23.1 Å². The summed E-state index contributed by atoms with van der Waals surface area (Å²) in [6.07, 6.45) is 2.20. The van der Waals surface area contributed by atoms with Gasteiger partial charge in [0.25, 0.3) is 0 Å². The Morgan fingerprint density at radius 1 is 1.39 bits per heavy atom. The maximum absolute atomic E-state index is 12.0. The third-order valence-corrected chi connectivity index (χ3v) is 5.36. The highest BCUT2D eigenvalue weighted by Crippen LogP contribution is 2.26. The van der Waals surface area contributed by atoms with E-state index >= 15 is 0 Å². The SMILES string of the molecule is CCCSc1nnc(NC(=O)CCc2ccc(OC)c(C)c2)s1. The number of carbonyl (C=O) groups is 1. The van der Waals surface area contributed by atoms with Crippen LogP contribution in [0, 0.1) is 6.92 Å². The van der Waals surface area contributed by atoms with Crippen molar-refractivity contribution in [1.82, 2.24) is 10.2 Å². The largest absolute Gasteiger partial charge is 0.496 e. The first-order chi connectivity index (χ1) is 11.1. The molecule has 0 aliphatic carbocycles. The van der Waals surface area contributed by atoms with Crippen LogP contribution in [-0.4, -0.2) is 29.0 Å². The number of nitrogens with one attached hydrogen (secondary N) is 1. The first kappa shape index (κ1) is 17.7. The van der Waals surface area contributed by atoms with Gasteiger partial charge in [-0.1, -0.05) is 42.2 Å². The van der Waals surface area contributed by atoms with Crippen LogP contribution in [0.5, 0.6) is 5.75 Å². The van der Waals surface area contributed by atoms with Gasteiger partial charge in [0.05, 0.1) is 7.11 Å². The van der Waals surface area contributed by atoms with Crippen LogP contribution in [0.3, 0.4) is 0 Å². The zero-order valence-corrected chi connectivity index (χ0v) is 15.2. The van der Waals surface area contributed by atoms with Gasteiger partial charge in [0.2, 0.25) is 11.0 Å². The molecule has 23 heavy (non-hydrogen) atoms. The molecule has 0 saturated heterocycles. The number of methoxy groups -OCH3 is 1. The molecule has 0 atom stereocenters. The van der Waals surface area contributed by atoms with Crippen LogP contribution in [-0.2, 0) is 11.2 Å². The summed E-state index contributed by atoms with van der Waals surface area (Å²) in [4.78, 5) is 12.0. The quantitative estimate of drug-likeness (QED) is 0.577. The van der Waals surface area contributed by atoms with E-state index in [9.17, 15) is 4.79 Å². The molecule has 1 aromatic heterocycles. The number of rotatable bonds is 8. The van der Waals surface area contributed by atoms with E-state index in [1.54, 1.807) is 18.9 Å². The van der Waals surface area contributed by atoms with E-state index in [0.29, 0.717) is 18.0 Å². The second kappa shape index (κ2) is 8.88. The highest BCUT2D eigenvalue weighted by atomic mass is 32.2. The molecule has 5 nitrogen and oxygen atoms in total. The lowest BCUT2D eigenvalue weighted by Crippen LogP contribution is -2.12. The fourth-order valence-electron chi connectivity index (χ4n) is 2.04. The number of amides is 1. The van der Waals surface area contributed by atoms with Crippen molar-refractivity contribution in [3.05, 3.63) is 29.3 Å². The average molecular weight is 351 g/mol. The predicted octanol–water partition coefficient (Wildman–Crippen LogP) is 3.93. The van der Waals surface area contributed by atoms with Crippen LogP contribution in [0.15, 0.2) is 22.5 Å². The third kappa shape index (κ3) is 5.51. The minimum Gasteiger partial charge on any atom is -0.496 e. The number of thioether (sulfide) groups is 1. The Morgan fingerprint density at radius 3 is 2.91 bits per heavy atom. The Labute approximate surface area is 144 Å². The van der Waals surface area contributed by atoms with Gasteiger partial charge in [-0.2, -0.15) is 0 Å². The van der Waals surface area contributed by atoms with Crippen LogP contribution in [0.2, 0.25) is 0 Å². The first-order valence-electron chi connectivity index (χ1n) is 7.52. The summed E-state index contributed by atoms with van der Waals surface area (Å²) in [5.41, 5.74) is 2.20. The molecule has 0 bridgehead atoms. The molecule has 1 N–H and O–H groups in total. The van der Waals surface area contributed by atoms with Crippen LogP contribution in [0.1, 0.15) is 30.9 Å². The molecular formula is C16H21N3O2S2. The molecule has 0 fully saturated rings. The maximum atomic E-state index is 12.0. The Hall–Kier alpha value is -1.60. The highest BCUT2D eigenvalue weighted by Gasteiger charge is 2.09. The van der Waals surface area contributed by atoms with Crippen molar-refractivity contribution in [2.24, 2.45) is 0 Å². The number of benzene rings is 1. The number of nitrogens with zero attached hydrogens (tertiary/aromatic N) is 2. The van der Waals surface area contributed by atoms with Crippen molar-refractivity contribution in [2.75, 3.05) is 18.2 Å². The lowest BCUT2D eigenvalue weighted by Gasteiger charge is -2.07. The Balaban J connectivity index is 1.83. The molecule has 2 rings (SSSR count). The number of aryl methyl sites for hydroxylation is 2. The fraction of sp³-hybridized carbons (Fsp3) is 0.438. The van der Waals surface area contributed by atoms with Crippen molar-refractivity contribution in [3.63, 3.8) is 0 Å². The number of hydrogen-bond donors (Lipinski definition) is 1. The molecule has 1 heterocycles.